The van der Waals surface area contributed by atoms with Crippen molar-refractivity contribution in [2.24, 2.45) is 0 Å². The summed E-state index contributed by atoms with van der Waals surface area (Å²) in [6.07, 6.45) is 0.925. The molecule has 1 amide bonds. The summed E-state index contributed by atoms with van der Waals surface area (Å²) in [4.78, 5) is 14.3. The number of benzene rings is 1. The molecule has 0 bridgehead atoms. The number of carbonyl (C=O) groups is 1. The lowest BCUT2D eigenvalue weighted by molar-refractivity contribution is 0.0613. The third-order valence-electron chi connectivity index (χ3n) is 3.31. The minimum Gasteiger partial charge on any atom is -0.507 e. The van der Waals surface area contributed by atoms with Crippen LogP contribution in [0.3, 0.4) is 0 Å². The fourth-order valence-corrected chi connectivity index (χ4v) is 2.16. The molecule has 2 N–H and O–H groups in total. The standard InChI is InChI=1S/C14H20N2O2/c1-3-6-16(11-8-15-9-11)14(18)12-5-4-10(2)7-13(12)17/h4-5,7,11,15,17H,3,6,8-9H2,1-2H3. The summed E-state index contributed by atoms with van der Waals surface area (Å²) in [5.74, 6) is 0.00855. The van der Waals surface area contributed by atoms with Gasteiger partial charge in [-0.2, -0.15) is 0 Å². The maximum atomic E-state index is 12.4. The molecule has 1 aliphatic rings. The number of aryl methyl sites for hydroxylation is 1. The number of hydrogen-bond donors (Lipinski definition) is 2. The minimum absolute atomic E-state index is 0.0687. The Balaban J connectivity index is 2.21. The van der Waals surface area contributed by atoms with Gasteiger partial charge in [-0.1, -0.05) is 13.0 Å². The van der Waals surface area contributed by atoms with Crippen LogP contribution < -0.4 is 5.32 Å². The molecule has 0 unspecified atom stereocenters. The average Bonchev–Trinajstić information content (AvgIpc) is 2.25. The number of phenols is 1. The van der Waals surface area contributed by atoms with Gasteiger partial charge in [0.15, 0.2) is 0 Å². The Kier molecular flexibility index (Phi) is 3.87. The first-order chi connectivity index (χ1) is 8.63. The van der Waals surface area contributed by atoms with Crippen LogP contribution in [0.25, 0.3) is 0 Å². The molecule has 0 saturated carbocycles. The van der Waals surface area contributed by atoms with Crippen LogP contribution in [0.2, 0.25) is 0 Å². The zero-order chi connectivity index (χ0) is 13.1. The van der Waals surface area contributed by atoms with Crippen LogP contribution in [0.5, 0.6) is 5.75 Å². The fourth-order valence-electron chi connectivity index (χ4n) is 2.16. The van der Waals surface area contributed by atoms with Crippen molar-refractivity contribution in [3.05, 3.63) is 29.3 Å². The molecule has 0 atom stereocenters. The zero-order valence-electron chi connectivity index (χ0n) is 10.9. The first kappa shape index (κ1) is 12.9. The van der Waals surface area contributed by atoms with Crippen LogP contribution in [0.4, 0.5) is 0 Å². The van der Waals surface area contributed by atoms with E-state index in [0.717, 1.165) is 31.6 Å². The van der Waals surface area contributed by atoms with Crippen molar-refractivity contribution in [3.63, 3.8) is 0 Å². The molecule has 0 aromatic heterocycles. The Morgan fingerprint density at radius 1 is 1.50 bits per heavy atom. The molecule has 1 aromatic carbocycles. The number of phenolic OH excluding ortho intramolecular Hbond substituents is 1. The van der Waals surface area contributed by atoms with Crippen molar-refractivity contribution < 1.29 is 9.90 Å². The van der Waals surface area contributed by atoms with Crippen LogP contribution >= 0.6 is 0 Å². The fraction of sp³-hybridized carbons (Fsp3) is 0.500. The van der Waals surface area contributed by atoms with Crippen LogP contribution in [0, 0.1) is 6.92 Å². The summed E-state index contributed by atoms with van der Waals surface area (Å²) in [5, 5.41) is 13.1. The normalized spacial score (nSPS) is 15.2. The predicted octanol–water partition coefficient (Wildman–Crippen LogP) is 1.52. The molecule has 0 spiro atoms. The highest BCUT2D eigenvalue weighted by Gasteiger charge is 2.29. The number of rotatable bonds is 4. The van der Waals surface area contributed by atoms with Crippen molar-refractivity contribution in [3.8, 4) is 5.75 Å². The average molecular weight is 248 g/mol. The van der Waals surface area contributed by atoms with Gasteiger partial charge in [-0.25, -0.2) is 0 Å². The molecule has 4 heteroatoms. The smallest absolute Gasteiger partial charge is 0.257 e. The largest absolute Gasteiger partial charge is 0.507 e. The molecule has 1 aromatic rings. The molecule has 98 valence electrons. The van der Waals surface area contributed by atoms with Gasteiger partial charge in [-0.15, -0.1) is 0 Å². The minimum atomic E-state index is -0.0687. The number of hydrogen-bond acceptors (Lipinski definition) is 3. The van der Waals surface area contributed by atoms with Gasteiger partial charge in [0.25, 0.3) is 5.91 Å². The Labute approximate surface area is 108 Å². The summed E-state index contributed by atoms with van der Waals surface area (Å²) in [7, 11) is 0. The number of nitrogens with one attached hydrogen (secondary N) is 1. The maximum absolute atomic E-state index is 12.4. The van der Waals surface area contributed by atoms with E-state index in [2.05, 4.69) is 12.2 Å². The summed E-state index contributed by atoms with van der Waals surface area (Å²) < 4.78 is 0. The van der Waals surface area contributed by atoms with Gasteiger partial charge in [0.2, 0.25) is 0 Å². The molecule has 0 aliphatic carbocycles. The van der Waals surface area contributed by atoms with Crippen LogP contribution in [0.15, 0.2) is 18.2 Å². The third kappa shape index (κ3) is 2.48. The highest BCUT2D eigenvalue weighted by molar-refractivity contribution is 5.97. The molecule has 18 heavy (non-hydrogen) atoms. The van der Waals surface area contributed by atoms with Crippen molar-refractivity contribution in [1.82, 2.24) is 10.2 Å². The molecule has 4 nitrogen and oxygen atoms in total. The van der Waals surface area contributed by atoms with Crippen LogP contribution in [-0.2, 0) is 0 Å². The van der Waals surface area contributed by atoms with Gasteiger partial charge in [-0.05, 0) is 31.0 Å². The second-order valence-electron chi connectivity index (χ2n) is 4.83. The molecule has 1 fully saturated rings. The van der Waals surface area contributed by atoms with Gasteiger partial charge in [0.1, 0.15) is 5.75 Å². The van der Waals surface area contributed by atoms with E-state index in [1.165, 1.54) is 0 Å². The van der Waals surface area contributed by atoms with E-state index in [1.807, 2.05) is 17.9 Å². The van der Waals surface area contributed by atoms with Crippen molar-refractivity contribution in [1.29, 1.82) is 0 Å². The summed E-state index contributed by atoms with van der Waals surface area (Å²) in [6.45, 7) is 6.38. The van der Waals surface area contributed by atoms with Gasteiger partial charge in [0, 0.05) is 19.6 Å². The van der Waals surface area contributed by atoms with Gasteiger partial charge < -0.3 is 15.3 Å². The van der Waals surface area contributed by atoms with E-state index in [-0.39, 0.29) is 17.7 Å². The monoisotopic (exact) mass is 248 g/mol. The molecule has 1 aliphatic heterocycles. The molecular weight excluding hydrogens is 228 g/mol. The van der Waals surface area contributed by atoms with E-state index in [9.17, 15) is 9.90 Å². The zero-order valence-corrected chi connectivity index (χ0v) is 10.9. The van der Waals surface area contributed by atoms with Gasteiger partial charge in [0.05, 0.1) is 11.6 Å². The Morgan fingerprint density at radius 3 is 2.72 bits per heavy atom. The van der Waals surface area contributed by atoms with Crippen LogP contribution in [-0.4, -0.2) is 41.6 Å². The van der Waals surface area contributed by atoms with Crippen molar-refractivity contribution >= 4 is 5.91 Å². The second-order valence-corrected chi connectivity index (χ2v) is 4.83. The van der Waals surface area contributed by atoms with E-state index in [0.29, 0.717) is 5.56 Å². The highest BCUT2D eigenvalue weighted by Crippen LogP contribution is 2.22. The molecule has 1 heterocycles. The van der Waals surface area contributed by atoms with E-state index >= 15 is 0 Å². The van der Waals surface area contributed by atoms with Crippen molar-refractivity contribution in [2.75, 3.05) is 19.6 Å². The topological polar surface area (TPSA) is 52.6 Å². The summed E-state index contributed by atoms with van der Waals surface area (Å²) in [6, 6.07) is 5.46. The molecule has 0 radical (unpaired) electrons. The van der Waals surface area contributed by atoms with Gasteiger partial charge in [-0.3, -0.25) is 4.79 Å². The Hall–Kier alpha value is -1.55. The van der Waals surface area contributed by atoms with Gasteiger partial charge >= 0.3 is 0 Å². The number of aromatic hydroxyl groups is 1. The van der Waals surface area contributed by atoms with Crippen LogP contribution in [0.1, 0.15) is 29.3 Å². The molecule has 1 saturated heterocycles. The SMILES string of the molecule is CCCN(C(=O)c1ccc(C)cc1O)C1CNC1. The van der Waals surface area contributed by atoms with E-state index in [4.69, 9.17) is 0 Å². The lowest BCUT2D eigenvalue weighted by Crippen LogP contribution is -2.59. The maximum Gasteiger partial charge on any atom is 0.257 e. The third-order valence-corrected chi connectivity index (χ3v) is 3.31. The molecular formula is C14H20N2O2. The number of carbonyl (C=O) groups excluding carboxylic acids is 1. The highest BCUT2D eigenvalue weighted by atomic mass is 16.3. The first-order valence-electron chi connectivity index (χ1n) is 6.44. The van der Waals surface area contributed by atoms with Crippen molar-refractivity contribution in [2.45, 2.75) is 26.3 Å². The first-order valence-corrected chi connectivity index (χ1v) is 6.44. The summed E-state index contributed by atoms with van der Waals surface area (Å²) in [5.41, 5.74) is 1.36. The predicted molar refractivity (Wildman–Crippen MR) is 70.8 cm³/mol. The molecule has 2 rings (SSSR count). The summed E-state index contributed by atoms with van der Waals surface area (Å²) >= 11 is 0. The van der Waals surface area contributed by atoms with E-state index < -0.39 is 0 Å². The number of nitrogens with zero attached hydrogens (tertiary/aromatic N) is 1. The Bertz CT molecular complexity index is 441. The Morgan fingerprint density at radius 2 is 2.22 bits per heavy atom. The lowest BCUT2D eigenvalue weighted by atomic mass is 10.1. The van der Waals surface area contributed by atoms with E-state index in [1.54, 1.807) is 12.1 Å². The second kappa shape index (κ2) is 5.40. The quantitative estimate of drug-likeness (QED) is 0.849. The lowest BCUT2D eigenvalue weighted by Gasteiger charge is -2.38. The number of amides is 1.